The summed E-state index contributed by atoms with van der Waals surface area (Å²) in [7, 11) is 0. The summed E-state index contributed by atoms with van der Waals surface area (Å²) >= 11 is 0. The van der Waals surface area contributed by atoms with Crippen LogP contribution in [0.5, 0.6) is 0 Å². The van der Waals surface area contributed by atoms with E-state index in [1.54, 1.807) is 12.5 Å². The van der Waals surface area contributed by atoms with Gasteiger partial charge in [0.1, 0.15) is 0 Å². The Kier molecular flexibility index (Phi) is 3.53. The van der Waals surface area contributed by atoms with Gasteiger partial charge in [0.2, 0.25) is 0 Å². The third-order valence-electron chi connectivity index (χ3n) is 3.91. The topological polar surface area (TPSA) is 13.1 Å². The molecule has 0 atom stereocenters. The highest BCUT2D eigenvalue weighted by Crippen LogP contribution is 2.33. The summed E-state index contributed by atoms with van der Waals surface area (Å²) in [5, 5.41) is 0. The Bertz CT molecular complexity index is 838. The second kappa shape index (κ2) is 5.98. The lowest BCUT2D eigenvalue weighted by molar-refractivity contribution is 0.566. The van der Waals surface area contributed by atoms with Crippen molar-refractivity contribution in [2.75, 3.05) is 0 Å². The summed E-state index contributed by atoms with van der Waals surface area (Å²) in [6.07, 6.45) is 11.2. The molecule has 3 aromatic rings. The second-order valence-corrected chi connectivity index (χ2v) is 5.40. The van der Waals surface area contributed by atoms with Crippen LogP contribution in [-0.4, -0.2) is 0 Å². The van der Waals surface area contributed by atoms with Crippen LogP contribution in [0.1, 0.15) is 16.7 Å². The van der Waals surface area contributed by atoms with E-state index >= 15 is 0 Å². The van der Waals surface area contributed by atoms with Gasteiger partial charge in [-0.15, -0.1) is 0 Å². The number of benzene rings is 2. The molecule has 0 aliphatic heterocycles. The molecule has 1 aliphatic rings. The van der Waals surface area contributed by atoms with Gasteiger partial charge in [0.15, 0.2) is 0 Å². The fraction of sp³-hybridized carbons (Fsp3) is 0. The zero-order valence-corrected chi connectivity index (χ0v) is 12.6. The van der Waals surface area contributed by atoms with E-state index < -0.39 is 0 Å². The van der Waals surface area contributed by atoms with Gasteiger partial charge >= 0.3 is 0 Å². The number of furan rings is 1. The molecule has 2 aromatic carbocycles. The van der Waals surface area contributed by atoms with Gasteiger partial charge < -0.3 is 4.42 Å². The van der Waals surface area contributed by atoms with Crippen molar-refractivity contribution in [1.82, 2.24) is 0 Å². The minimum Gasteiger partial charge on any atom is -0.472 e. The first-order valence-electron chi connectivity index (χ1n) is 7.61. The summed E-state index contributed by atoms with van der Waals surface area (Å²) in [6.45, 7) is 0. The van der Waals surface area contributed by atoms with Crippen LogP contribution in [0.3, 0.4) is 0 Å². The zero-order valence-electron chi connectivity index (χ0n) is 12.6. The molecule has 0 saturated carbocycles. The van der Waals surface area contributed by atoms with Crippen LogP contribution >= 0.6 is 0 Å². The van der Waals surface area contributed by atoms with E-state index in [0.29, 0.717) is 0 Å². The van der Waals surface area contributed by atoms with E-state index in [2.05, 4.69) is 66.8 Å². The largest absolute Gasteiger partial charge is 0.472 e. The minimum absolute atomic E-state index is 1.05. The lowest BCUT2D eigenvalue weighted by Crippen LogP contribution is -1.91. The Balaban J connectivity index is 1.88. The molecule has 1 heterocycles. The molecule has 0 saturated heterocycles. The highest BCUT2D eigenvalue weighted by Gasteiger charge is 2.14. The molecule has 0 spiro atoms. The summed E-state index contributed by atoms with van der Waals surface area (Å²) in [5.74, 6) is 0. The highest BCUT2D eigenvalue weighted by atomic mass is 16.3. The fourth-order valence-corrected chi connectivity index (χ4v) is 2.81. The monoisotopic (exact) mass is 295 g/mol. The van der Waals surface area contributed by atoms with Crippen molar-refractivity contribution in [2.24, 2.45) is 0 Å². The SMILES string of the molecule is [C]1=C(c2ccoc2)C=CC1=C(c1ccccc1)c1ccccc1. The standard InChI is InChI=1S/C22H15O/c1-3-7-17(8-4-1)22(18-9-5-2-6-10-18)20-12-11-19(15-20)21-13-14-23-16-21/h1-14,16H. The van der Waals surface area contributed by atoms with Gasteiger partial charge in [-0.25, -0.2) is 0 Å². The molecule has 1 aromatic heterocycles. The smallest absolute Gasteiger partial charge is 0.0981 e. The van der Waals surface area contributed by atoms with Crippen LogP contribution in [0.4, 0.5) is 0 Å². The Morgan fingerprint density at radius 3 is 1.96 bits per heavy atom. The summed E-state index contributed by atoms with van der Waals surface area (Å²) in [6, 6.07) is 22.9. The van der Waals surface area contributed by atoms with Crippen LogP contribution in [0.15, 0.2) is 101 Å². The fourth-order valence-electron chi connectivity index (χ4n) is 2.81. The number of hydrogen-bond acceptors (Lipinski definition) is 1. The van der Waals surface area contributed by atoms with Crippen molar-refractivity contribution in [2.45, 2.75) is 0 Å². The first-order chi connectivity index (χ1) is 11.4. The molecule has 1 heteroatoms. The van der Waals surface area contributed by atoms with Crippen LogP contribution in [-0.2, 0) is 0 Å². The van der Waals surface area contributed by atoms with Crippen molar-refractivity contribution < 1.29 is 4.42 Å². The molecule has 109 valence electrons. The van der Waals surface area contributed by atoms with E-state index in [9.17, 15) is 0 Å². The number of rotatable bonds is 3. The average Bonchev–Trinajstić information content (AvgIpc) is 3.29. The molecule has 0 amide bonds. The average molecular weight is 295 g/mol. The van der Waals surface area contributed by atoms with Crippen molar-refractivity contribution in [3.8, 4) is 0 Å². The zero-order chi connectivity index (χ0) is 15.5. The Labute approximate surface area is 135 Å². The molecular formula is C22H15O. The van der Waals surface area contributed by atoms with Crippen LogP contribution < -0.4 is 0 Å². The van der Waals surface area contributed by atoms with Crippen LogP contribution in [0.25, 0.3) is 11.1 Å². The molecule has 0 unspecified atom stereocenters. The van der Waals surface area contributed by atoms with Gasteiger partial charge in [-0.3, -0.25) is 0 Å². The second-order valence-electron chi connectivity index (χ2n) is 5.40. The first kappa shape index (κ1) is 13.6. The quantitative estimate of drug-likeness (QED) is 0.618. The first-order valence-corrected chi connectivity index (χ1v) is 7.61. The van der Waals surface area contributed by atoms with E-state index in [4.69, 9.17) is 4.42 Å². The Morgan fingerprint density at radius 1 is 0.739 bits per heavy atom. The highest BCUT2D eigenvalue weighted by molar-refractivity contribution is 5.90. The predicted octanol–water partition coefficient (Wildman–Crippen LogP) is 5.54. The minimum atomic E-state index is 1.05. The van der Waals surface area contributed by atoms with Crippen LogP contribution in [0, 0.1) is 6.08 Å². The summed E-state index contributed by atoms with van der Waals surface area (Å²) < 4.78 is 5.18. The van der Waals surface area contributed by atoms with Gasteiger partial charge in [0, 0.05) is 5.56 Å². The van der Waals surface area contributed by atoms with Gasteiger partial charge in [-0.1, -0.05) is 72.8 Å². The van der Waals surface area contributed by atoms with Gasteiger partial charge in [-0.05, 0) is 40.0 Å². The molecule has 0 N–H and O–H groups in total. The molecule has 1 nitrogen and oxygen atoms in total. The lowest BCUT2D eigenvalue weighted by Gasteiger charge is -2.10. The molecular weight excluding hydrogens is 280 g/mol. The maximum Gasteiger partial charge on any atom is 0.0981 e. The maximum absolute atomic E-state index is 5.18. The number of allylic oxidation sites excluding steroid dienone is 5. The van der Waals surface area contributed by atoms with Gasteiger partial charge in [-0.2, -0.15) is 0 Å². The van der Waals surface area contributed by atoms with Crippen molar-refractivity contribution >= 4 is 11.1 Å². The van der Waals surface area contributed by atoms with E-state index in [1.807, 2.05) is 18.2 Å². The van der Waals surface area contributed by atoms with Crippen molar-refractivity contribution in [1.29, 1.82) is 0 Å². The number of hydrogen-bond donors (Lipinski definition) is 0. The van der Waals surface area contributed by atoms with Crippen molar-refractivity contribution in [3.63, 3.8) is 0 Å². The summed E-state index contributed by atoms with van der Waals surface area (Å²) in [5.41, 5.74) is 6.79. The molecule has 1 radical (unpaired) electrons. The Morgan fingerprint density at radius 2 is 1.39 bits per heavy atom. The molecule has 0 fully saturated rings. The van der Waals surface area contributed by atoms with Crippen LogP contribution in [0.2, 0.25) is 0 Å². The Hall–Kier alpha value is -3.06. The maximum atomic E-state index is 5.18. The predicted molar refractivity (Wildman–Crippen MR) is 93.4 cm³/mol. The third kappa shape index (κ3) is 2.69. The normalized spacial score (nSPS) is 13.2. The molecule has 1 aliphatic carbocycles. The van der Waals surface area contributed by atoms with E-state index in [0.717, 1.165) is 16.7 Å². The summed E-state index contributed by atoms with van der Waals surface area (Å²) in [4.78, 5) is 0. The third-order valence-corrected chi connectivity index (χ3v) is 3.91. The lowest BCUT2D eigenvalue weighted by atomic mass is 9.93. The molecule has 23 heavy (non-hydrogen) atoms. The molecule has 0 bridgehead atoms. The van der Waals surface area contributed by atoms with Crippen molar-refractivity contribution in [3.05, 3.63) is 120 Å². The van der Waals surface area contributed by atoms with E-state index in [1.165, 1.54) is 16.7 Å². The van der Waals surface area contributed by atoms with Gasteiger partial charge in [0.25, 0.3) is 0 Å². The van der Waals surface area contributed by atoms with E-state index in [-0.39, 0.29) is 0 Å². The molecule has 4 rings (SSSR count). The van der Waals surface area contributed by atoms with Gasteiger partial charge in [0.05, 0.1) is 12.5 Å².